The molecule has 28 heavy (non-hydrogen) atoms. The molecule has 0 fully saturated rings. The van der Waals surface area contributed by atoms with Gasteiger partial charge in [0.25, 0.3) is 0 Å². The highest BCUT2D eigenvalue weighted by atomic mass is 35.5. The number of nitrogens with two attached hydrogens (primary N) is 1. The minimum absolute atomic E-state index is 0.0220. The van der Waals surface area contributed by atoms with Gasteiger partial charge < -0.3 is 21.1 Å². The Bertz CT molecular complexity index is 936. The molecule has 0 aliphatic carbocycles. The summed E-state index contributed by atoms with van der Waals surface area (Å²) in [6, 6.07) is 7.47. The summed E-state index contributed by atoms with van der Waals surface area (Å²) in [5, 5.41) is 7.10. The van der Waals surface area contributed by atoms with E-state index in [0.717, 1.165) is 11.9 Å². The van der Waals surface area contributed by atoms with Crippen LogP contribution in [0, 0.1) is 11.6 Å². The predicted molar refractivity (Wildman–Crippen MR) is 113 cm³/mol. The molecule has 2 aromatic carbocycles. The summed E-state index contributed by atoms with van der Waals surface area (Å²) in [7, 11) is 0. The second-order valence-corrected chi connectivity index (χ2v) is 7.85. The zero-order valence-electron chi connectivity index (χ0n) is 14.8. The maximum atomic E-state index is 14.8. The van der Waals surface area contributed by atoms with Gasteiger partial charge in [-0.2, -0.15) is 0 Å². The van der Waals surface area contributed by atoms with Gasteiger partial charge in [-0.3, -0.25) is 0 Å². The van der Waals surface area contributed by atoms with Crippen LogP contribution in [0.4, 0.5) is 14.5 Å². The minimum atomic E-state index is -0.712. The van der Waals surface area contributed by atoms with Gasteiger partial charge in [-0.15, -0.1) is 0 Å². The summed E-state index contributed by atoms with van der Waals surface area (Å²) in [6.07, 6.45) is 4.39. The van der Waals surface area contributed by atoms with Gasteiger partial charge >= 0.3 is 0 Å². The topological polar surface area (TPSA) is 62.1 Å². The Hall–Kier alpha value is -1.93. The molecule has 4 nitrogen and oxygen atoms in total. The van der Waals surface area contributed by atoms with Crippen molar-refractivity contribution in [3.8, 4) is 0 Å². The van der Waals surface area contributed by atoms with Crippen LogP contribution in [0.15, 0.2) is 53.2 Å². The van der Waals surface area contributed by atoms with Crippen LogP contribution in [0.1, 0.15) is 12.5 Å². The zero-order chi connectivity index (χ0) is 20.3. The third-order valence-electron chi connectivity index (χ3n) is 4.08. The fraction of sp³-hybridized carbons (Fsp3) is 0.158. The van der Waals surface area contributed by atoms with E-state index in [1.165, 1.54) is 18.2 Å². The van der Waals surface area contributed by atoms with E-state index in [1.54, 1.807) is 30.5 Å². The lowest BCUT2D eigenvalue weighted by Crippen LogP contribution is -2.53. The second kappa shape index (κ2) is 9.05. The Labute approximate surface area is 176 Å². The van der Waals surface area contributed by atoms with Crippen LogP contribution in [0.25, 0.3) is 6.08 Å². The Balaban J connectivity index is 1.78. The maximum absolute atomic E-state index is 14.8. The first-order valence-electron chi connectivity index (χ1n) is 8.37. The zero-order valence-corrected chi connectivity index (χ0v) is 17.1. The first-order chi connectivity index (χ1) is 13.3. The van der Waals surface area contributed by atoms with Crippen molar-refractivity contribution in [2.45, 2.75) is 24.0 Å². The Kier molecular flexibility index (Phi) is 6.72. The predicted octanol–water partition coefficient (Wildman–Crippen LogP) is 5.11. The molecule has 1 heterocycles. The van der Waals surface area contributed by atoms with Crippen LogP contribution < -0.4 is 21.1 Å². The number of hydrogen-bond donors (Lipinski definition) is 4. The quantitative estimate of drug-likeness (QED) is 0.484. The first-order valence-corrected chi connectivity index (χ1v) is 9.94. The lowest BCUT2D eigenvalue weighted by Gasteiger charge is -2.28. The number of hydrogen-bond acceptors (Lipinski definition) is 5. The van der Waals surface area contributed by atoms with Crippen LogP contribution in [-0.2, 0) is 0 Å². The fourth-order valence-electron chi connectivity index (χ4n) is 2.46. The molecule has 9 heteroatoms. The first kappa shape index (κ1) is 20.8. The lowest BCUT2D eigenvalue weighted by molar-refractivity contribution is 0.436. The molecule has 0 radical (unpaired) electrons. The Morgan fingerprint density at radius 2 is 1.96 bits per heavy atom. The van der Waals surface area contributed by atoms with Gasteiger partial charge in [0.1, 0.15) is 5.82 Å². The molecule has 1 aliphatic rings. The summed E-state index contributed by atoms with van der Waals surface area (Å²) >= 11 is 13.1. The van der Waals surface area contributed by atoms with Crippen molar-refractivity contribution in [3.05, 3.63) is 75.5 Å². The van der Waals surface area contributed by atoms with Gasteiger partial charge in [-0.05, 0) is 61.4 Å². The highest BCUT2D eigenvalue weighted by Gasteiger charge is 2.16. The van der Waals surface area contributed by atoms with Crippen LogP contribution in [0.5, 0.6) is 0 Å². The smallest absolute Gasteiger partial charge is 0.157 e. The van der Waals surface area contributed by atoms with Gasteiger partial charge in [-0.1, -0.05) is 23.2 Å². The van der Waals surface area contributed by atoms with Crippen LogP contribution >= 0.6 is 35.1 Å². The summed E-state index contributed by atoms with van der Waals surface area (Å²) in [5.41, 5.74) is 6.47. The van der Waals surface area contributed by atoms with Gasteiger partial charge in [0.2, 0.25) is 0 Å². The summed E-state index contributed by atoms with van der Waals surface area (Å²) in [6.45, 7) is 1.91. The minimum Gasteiger partial charge on any atom is -0.378 e. The van der Waals surface area contributed by atoms with E-state index in [-0.39, 0.29) is 23.5 Å². The average Bonchev–Trinajstić information content (AvgIpc) is 2.66. The Morgan fingerprint density at radius 3 is 2.71 bits per heavy atom. The standard InChI is InChI=1S/C19H18Cl2F2N4S/c1-10-19(24)25-9-12(26-10)3-4-13-15(22)6-7-16(18(13)23)27-28-17-8-11(20)2-5-14(17)21/h2-10,19,25-27H,24H2,1H3. The largest absolute Gasteiger partial charge is 0.378 e. The molecule has 1 aliphatic heterocycles. The second-order valence-electron chi connectivity index (χ2n) is 6.16. The Morgan fingerprint density at radius 1 is 1.18 bits per heavy atom. The van der Waals surface area contributed by atoms with Gasteiger partial charge in [0.15, 0.2) is 5.82 Å². The van der Waals surface area contributed by atoms with Crippen LogP contribution in [0.3, 0.4) is 0 Å². The summed E-state index contributed by atoms with van der Waals surface area (Å²) < 4.78 is 31.8. The van der Waals surface area contributed by atoms with Gasteiger partial charge in [-0.25, -0.2) is 8.78 Å². The molecule has 0 amide bonds. The molecule has 2 atom stereocenters. The highest BCUT2D eigenvalue weighted by molar-refractivity contribution is 8.00. The number of rotatable bonds is 5. The number of benzene rings is 2. The molecule has 0 saturated carbocycles. The van der Waals surface area contributed by atoms with Crippen molar-refractivity contribution < 1.29 is 8.78 Å². The van der Waals surface area contributed by atoms with E-state index >= 15 is 0 Å². The van der Waals surface area contributed by atoms with Crippen molar-refractivity contribution >= 4 is 46.9 Å². The summed E-state index contributed by atoms with van der Waals surface area (Å²) in [5.74, 6) is -1.38. The molecule has 2 unspecified atom stereocenters. The molecule has 0 bridgehead atoms. The van der Waals surface area contributed by atoms with E-state index in [0.29, 0.717) is 20.6 Å². The maximum Gasteiger partial charge on any atom is 0.157 e. The van der Waals surface area contributed by atoms with Crippen molar-refractivity contribution in [2.75, 3.05) is 4.72 Å². The molecule has 5 N–H and O–H groups in total. The van der Waals surface area contributed by atoms with E-state index in [2.05, 4.69) is 15.4 Å². The number of halogens is 4. The highest BCUT2D eigenvalue weighted by Crippen LogP contribution is 2.32. The molecule has 148 valence electrons. The van der Waals surface area contributed by atoms with E-state index in [1.807, 2.05) is 6.92 Å². The molecule has 2 aromatic rings. The van der Waals surface area contributed by atoms with E-state index in [4.69, 9.17) is 28.9 Å². The molecule has 3 rings (SSSR count). The SMILES string of the molecule is CC1NC(C=Cc2c(F)ccc(NSc3cc(Cl)ccc3Cl)c2F)=CNC1N. The van der Waals surface area contributed by atoms with Crippen molar-refractivity contribution in [1.29, 1.82) is 0 Å². The molecule has 0 spiro atoms. The molecular weight excluding hydrogens is 425 g/mol. The lowest BCUT2D eigenvalue weighted by atomic mass is 10.1. The molecule has 0 saturated heterocycles. The molecule has 0 aromatic heterocycles. The average molecular weight is 443 g/mol. The van der Waals surface area contributed by atoms with Crippen LogP contribution in [0.2, 0.25) is 10.0 Å². The van der Waals surface area contributed by atoms with Crippen molar-refractivity contribution in [2.24, 2.45) is 5.73 Å². The fourth-order valence-corrected chi connectivity index (χ4v) is 3.66. The van der Waals surface area contributed by atoms with E-state index < -0.39 is 11.6 Å². The monoisotopic (exact) mass is 442 g/mol. The van der Waals surface area contributed by atoms with Gasteiger partial charge in [0, 0.05) is 21.7 Å². The summed E-state index contributed by atoms with van der Waals surface area (Å²) in [4.78, 5) is 0.628. The van der Waals surface area contributed by atoms with E-state index in [9.17, 15) is 8.78 Å². The number of nitrogens with one attached hydrogen (secondary N) is 3. The third-order valence-corrected chi connectivity index (χ3v) is 5.64. The molecular formula is C19H18Cl2F2N4S. The number of allylic oxidation sites excluding steroid dienone is 1. The van der Waals surface area contributed by atoms with Crippen molar-refractivity contribution in [1.82, 2.24) is 10.6 Å². The van der Waals surface area contributed by atoms with Crippen LogP contribution in [-0.4, -0.2) is 12.2 Å². The third kappa shape index (κ3) is 4.91. The van der Waals surface area contributed by atoms with Gasteiger partial charge in [0.05, 0.1) is 28.6 Å². The van der Waals surface area contributed by atoms with Crippen molar-refractivity contribution in [3.63, 3.8) is 0 Å². The normalized spacial score (nSPS) is 19.1. The number of anilines is 1.